The fourth-order valence-corrected chi connectivity index (χ4v) is 1.82. The molecule has 0 aliphatic carbocycles. The van der Waals surface area contributed by atoms with Crippen LogP contribution in [0.25, 0.3) is 0 Å². The van der Waals surface area contributed by atoms with Crippen LogP contribution in [0.1, 0.15) is 16.1 Å². The molecule has 0 aliphatic heterocycles. The normalized spacial score (nSPS) is 10.2. The summed E-state index contributed by atoms with van der Waals surface area (Å²) in [6.07, 6.45) is 0. The van der Waals surface area contributed by atoms with Crippen molar-refractivity contribution in [3.8, 4) is 11.6 Å². The first-order valence-corrected chi connectivity index (χ1v) is 6.18. The molecule has 6 heteroatoms. The van der Waals surface area contributed by atoms with Crippen LogP contribution < -0.4 is 10.5 Å². The minimum atomic E-state index is -0.565. The minimum absolute atomic E-state index is 0.110. The number of ether oxygens (including phenoxy) is 2. The van der Waals surface area contributed by atoms with E-state index < -0.39 is 5.97 Å². The summed E-state index contributed by atoms with van der Waals surface area (Å²) in [6.45, 7) is 1.92. The van der Waals surface area contributed by atoms with Crippen molar-refractivity contribution >= 4 is 23.3 Å². The van der Waals surface area contributed by atoms with Crippen LogP contribution in [0.5, 0.6) is 11.6 Å². The van der Waals surface area contributed by atoms with Crippen LogP contribution in [-0.4, -0.2) is 18.1 Å². The van der Waals surface area contributed by atoms with E-state index in [1.54, 1.807) is 12.1 Å². The van der Waals surface area contributed by atoms with Gasteiger partial charge in [-0.2, -0.15) is 0 Å². The molecule has 1 heterocycles. The largest absolute Gasteiger partial charge is 0.464 e. The minimum Gasteiger partial charge on any atom is -0.464 e. The molecule has 0 amide bonds. The lowest BCUT2D eigenvalue weighted by Gasteiger charge is -2.10. The molecule has 0 fully saturated rings. The van der Waals surface area contributed by atoms with E-state index in [2.05, 4.69) is 9.72 Å². The van der Waals surface area contributed by atoms with Gasteiger partial charge in [0.15, 0.2) is 5.69 Å². The Morgan fingerprint density at radius 2 is 2.05 bits per heavy atom. The van der Waals surface area contributed by atoms with Gasteiger partial charge in [0, 0.05) is 0 Å². The quantitative estimate of drug-likeness (QED) is 0.879. The molecule has 0 aliphatic rings. The fourth-order valence-electron chi connectivity index (χ4n) is 1.54. The Balaban J connectivity index is 2.35. The molecule has 0 saturated heterocycles. The predicted molar refractivity (Wildman–Crippen MR) is 76.3 cm³/mol. The second kappa shape index (κ2) is 5.79. The van der Waals surface area contributed by atoms with Crippen LogP contribution in [0.15, 0.2) is 30.3 Å². The van der Waals surface area contributed by atoms with Crippen LogP contribution in [0.3, 0.4) is 0 Å². The number of nitrogens with two attached hydrogens (primary N) is 1. The predicted octanol–water partition coefficient (Wildman–Crippen LogP) is 3.20. The number of nitrogens with zero attached hydrogens (tertiary/aromatic N) is 1. The van der Waals surface area contributed by atoms with Crippen molar-refractivity contribution in [3.05, 3.63) is 46.6 Å². The first kappa shape index (κ1) is 14.1. The third kappa shape index (κ3) is 3.00. The third-order valence-electron chi connectivity index (χ3n) is 2.58. The van der Waals surface area contributed by atoms with Crippen molar-refractivity contribution < 1.29 is 14.3 Å². The number of carbonyl (C=O) groups excluding carboxylic acids is 1. The van der Waals surface area contributed by atoms with Gasteiger partial charge in [0.25, 0.3) is 0 Å². The molecule has 0 spiro atoms. The monoisotopic (exact) mass is 292 g/mol. The molecule has 0 saturated carbocycles. The highest BCUT2D eigenvalue weighted by Crippen LogP contribution is 2.31. The number of aryl methyl sites for hydroxylation is 1. The van der Waals surface area contributed by atoms with Crippen LogP contribution in [-0.2, 0) is 4.74 Å². The molecule has 1 aromatic heterocycles. The fraction of sp³-hybridized carbons (Fsp3) is 0.143. The number of nitrogen functional groups attached to an aromatic ring is 1. The van der Waals surface area contributed by atoms with Gasteiger partial charge in [-0.3, -0.25) is 0 Å². The van der Waals surface area contributed by atoms with Crippen molar-refractivity contribution in [1.82, 2.24) is 4.98 Å². The van der Waals surface area contributed by atoms with Gasteiger partial charge in [0.1, 0.15) is 5.75 Å². The zero-order valence-electron chi connectivity index (χ0n) is 11.0. The van der Waals surface area contributed by atoms with Gasteiger partial charge in [0.2, 0.25) is 5.88 Å². The van der Waals surface area contributed by atoms with E-state index in [0.717, 1.165) is 5.56 Å². The summed E-state index contributed by atoms with van der Waals surface area (Å²) >= 11 is 6.08. The summed E-state index contributed by atoms with van der Waals surface area (Å²) in [5.41, 5.74) is 7.19. The summed E-state index contributed by atoms with van der Waals surface area (Å²) in [5.74, 6) is -0.0398. The van der Waals surface area contributed by atoms with E-state index in [-0.39, 0.29) is 11.6 Å². The molecule has 0 radical (unpaired) electrons. The van der Waals surface area contributed by atoms with Crippen LogP contribution >= 0.6 is 11.6 Å². The zero-order valence-corrected chi connectivity index (χ0v) is 11.8. The average Bonchev–Trinajstić information content (AvgIpc) is 2.43. The maximum atomic E-state index is 11.4. The molecule has 2 N–H and O–H groups in total. The molecule has 5 nitrogen and oxygen atoms in total. The van der Waals surface area contributed by atoms with Gasteiger partial charge in [-0.25, -0.2) is 9.78 Å². The molecule has 104 valence electrons. The van der Waals surface area contributed by atoms with E-state index in [9.17, 15) is 4.79 Å². The molecule has 2 rings (SSSR count). The van der Waals surface area contributed by atoms with Crippen molar-refractivity contribution in [2.45, 2.75) is 6.92 Å². The summed E-state index contributed by atoms with van der Waals surface area (Å²) in [7, 11) is 1.28. The topological polar surface area (TPSA) is 74.4 Å². The van der Waals surface area contributed by atoms with E-state index >= 15 is 0 Å². The maximum Gasteiger partial charge on any atom is 0.356 e. The van der Waals surface area contributed by atoms with E-state index in [4.69, 9.17) is 22.1 Å². The zero-order chi connectivity index (χ0) is 14.7. The average molecular weight is 293 g/mol. The number of hydrogen-bond donors (Lipinski definition) is 1. The number of carbonyl (C=O) groups is 1. The second-order valence-electron chi connectivity index (χ2n) is 4.12. The number of pyridine rings is 1. The van der Waals surface area contributed by atoms with Crippen molar-refractivity contribution in [1.29, 1.82) is 0 Å². The Morgan fingerprint density at radius 1 is 1.30 bits per heavy atom. The number of benzene rings is 1. The highest BCUT2D eigenvalue weighted by atomic mass is 35.5. The Bertz CT molecular complexity index is 659. The second-order valence-corrected chi connectivity index (χ2v) is 4.53. The van der Waals surface area contributed by atoms with Gasteiger partial charge >= 0.3 is 5.97 Å². The molecule has 20 heavy (non-hydrogen) atoms. The number of esters is 1. The van der Waals surface area contributed by atoms with Gasteiger partial charge < -0.3 is 15.2 Å². The Labute approximate surface area is 121 Å². The van der Waals surface area contributed by atoms with E-state index in [1.807, 2.05) is 13.0 Å². The standard InChI is InChI=1S/C14H13ClN2O3/c1-8-3-6-12(9(15)7-8)20-13-10(16)4-5-11(17-13)14(18)19-2/h3-7H,16H2,1-2H3. The lowest BCUT2D eigenvalue weighted by atomic mass is 10.2. The van der Waals surface area contributed by atoms with Gasteiger partial charge in [-0.05, 0) is 36.8 Å². The van der Waals surface area contributed by atoms with Gasteiger partial charge in [-0.15, -0.1) is 0 Å². The Morgan fingerprint density at radius 3 is 2.70 bits per heavy atom. The molecular weight excluding hydrogens is 280 g/mol. The summed E-state index contributed by atoms with van der Waals surface area (Å²) in [4.78, 5) is 15.5. The van der Waals surface area contributed by atoms with Gasteiger partial charge in [-0.1, -0.05) is 17.7 Å². The number of rotatable bonds is 3. The van der Waals surface area contributed by atoms with Crippen molar-refractivity contribution in [2.75, 3.05) is 12.8 Å². The molecule has 0 unspecified atom stereocenters. The van der Waals surface area contributed by atoms with Crippen LogP contribution in [0.4, 0.5) is 5.69 Å². The number of methoxy groups -OCH3 is 1. The lowest BCUT2D eigenvalue weighted by Crippen LogP contribution is -2.06. The summed E-state index contributed by atoms with van der Waals surface area (Å²) in [5, 5.41) is 0.440. The molecule has 2 aromatic rings. The van der Waals surface area contributed by atoms with E-state index in [0.29, 0.717) is 16.5 Å². The lowest BCUT2D eigenvalue weighted by molar-refractivity contribution is 0.0593. The molecule has 1 aromatic carbocycles. The Kier molecular flexibility index (Phi) is 4.10. The smallest absolute Gasteiger partial charge is 0.356 e. The number of halogens is 1. The number of hydrogen-bond acceptors (Lipinski definition) is 5. The maximum absolute atomic E-state index is 11.4. The summed E-state index contributed by atoms with van der Waals surface area (Å²) in [6, 6.07) is 8.31. The van der Waals surface area contributed by atoms with Crippen LogP contribution in [0, 0.1) is 6.92 Å². The number of aromatic nitrogens is 1. The first-order chi connectivity index (χ1) is 9.51. The molecule has 0 bridgehead atoms. The summed E-state index contributed by atoms with van der Waals surface area (Å²) < 4.78 is 10.2. The Hall–Kier alpha value is -2.27. The first-order valence-electron chi connectivity index (χ1n) is 5.80. The van der Waals surface area contributed by atoms with Crippen molar-refractivity contribution in [3.63, 3.8) is 0 Å². The SMILES string of the molecule is COC(=O)c1ccc(N)c(Oc2ccc(C)cc2Cl)n1. The van der Waals surface area contributed by atoms with Crippen molar-refractivity contribution in [2.24, 2.45) is 0 Å². The molecule has 0 atom stereocenters. The van der Waals surface area contributed by atoms with Gasteiger partial charge in [0.05, 0.1) is 17.8 Å². The number of anilines is 1. The highest BCUT2D eigenvalue weighted by Gasteiger charge is 2.13. The third-order valence-corrected chi connectivity index (χ3v) is 2.87. The van der Waals surface area contributed by atoms with Crippen LogP contribution in [0.2, 0.25) is 5.02 Å². The van der Waals surface area contributed by atoms with E-state index in [1.165, 1.54) is 19.2 Å². The molecular formula is C14H13ClN2O3. The highest BCUT2D eigenvalue weighted by molar-refractivity contribution is 6.32.